The molecule has 4 nitrogen and oxygen atoms in total. The van der Waals surface area contributed by atoms with Crippen molar-refractivity contribution in [3.05, 3.63) is 82.6 Å². The first-order valence-corrected chi connectivity index (χ1v) is 13.2. The quantitative estimate of drug-likeness (QED) is 0.241. The number of rotatable bonds is 4. The summed E-state index contributed by atoms with van der Waals surface area (Å²) in [5, 5.41) is 22.9. The van der Waals surface area contributed by atoms with Gasteiger partial charge < -0.3 is 4.74 Å². The predicted molar refractivity (Wildman–Crippen MR) is 145 cm³/mol. The molecule has 0 saturated carbocycles. The van der Waals surface area contributed by atoms with Crippen molar-refractivity contribution in [2.24, 2.45) is 0 Å². The lowest BCUT2D eigenvalue weighted by Gasteiger charge is -2.03. The fraction of sp³-hybridized carbons (Fsp3) is 0.0357. The third-order valence-corrected chi connectivity index (χ3v) is 9.09. The average molecular weight is 506 g/mol. The molecule has 6 rings (SSSR count). The van der Waals surface area contributed by atoms with Gasteiger partial charge in [-0.25, -0.2) is 4.98 Å². The normalized spacial score (nSPS) is 10.9. The summed E-state index contributed by atoms with van der Waals surface area (Å²) < 4.78 is 7.42. The number of nitriles is 2. The van der Waals surface area contributed by atoms with E-state index in [4.69, 9.17) is 9.72 Å². The summed E-state index contributed by atoms with van der Waals surface area (Å²) in [5.74, 6) is 0.775. The SMILES string of the molecule is COc1ccc(-c2nc(-c3c(C#N)sc4ccccc34)c(-c3c(C#N)sc4ccccc34)s2)cc1. The van der Waals surface area contributed by atoms with Crippen molar-refractivity contribution in [3.63, 3.8) is 0 Å². The summed E-state index contributed by atoms with van der Waals surface area (Å²) in [7, 11) is 1.64. The molecular weight excluding hydrogens is 491 g/mol. The van der Waals surface area contributed by atoms with Gasteiger partial charge in [0, 0.05) is 36.9 Å². The lowest BCUT2D eigenvalue weighted by molar-refractivity contribution is 0.415. The molecule has 166 valence electrons. The zero-order valence-corrected chi connectivity index (χ0v) is 20.9. The van der Waals surface area contributed by atoms with Crippen molar-refractivity contribution in [1.29, 1.82) is 10.5 Å². The van der Waals surface area contributed by atoms with Crippen molar-refractivity contribution in [2.75, 3.05) is 7.11 Å². The largest absolute Gasteiger partial charge is 0.497 e. The Morgan fingerprint density at radius 3 is 1.89 bits per heavy atom. The Morgan fingerprint density at radius 2 is 1.29 bits per heavy atom. The average Bonchev–Trinajstić information content (AvgIpc) is 3.60. The van der Waals surface area contributed by atoms with Gasteiger partial charge >= 0.3 is 0 Å². The van der Waals surface area contributed by atoms with Crippen LogP contribution in [0.1, 0.15) is 9.75 Å². The minimum absolute atomic E-state index is 0.622. The number of ether oxygens (including phenoxy) is 1. The van der Waals surface area contributed by atoms with Gasteiger partial charge in [-0.3, -0.25) is 0 Å². The predicted octanol–water partition coefficient (Wildman–Crippen LogP) is 8.33. The van der Waals surface area contributed by atoms with E-state index in [2.05, 4.69) is 18.2 Å². The Kier molecular flexibility index (Phi) is 5.32. The van der Waals surface area contributed by atoms with Crippen molar-refractivity contribution in [1.82, 2.24) is 4.98 Å². The lowest BCUT2D eigenvalue weighted by atomic mass is 10.0. The zero-order chi connectivity index (χ0) is 23.9. The number of hydrogen-bond acceptors (Lipinski definition) is 7. The molecule has 0 spiro atoms. The van der Waals surface area contributed by atoms with Crippen LogP contribution in [-0.4, -0.2) is 12.1 Å². The van der Waals surface area contributed by atoms with Crippen LogP contribution in [0, 0.1) is 22.7 Å². The Labute approximate surface area is 213 Å². The van der Waals surface area contributed by atoms with Gasteiger partial charge in [0.15, 0.2) is 0 Å². The molecule has 0 saturated heterocycles. The molecule has 3 aromatic heterocycles. The van der Waals surface area contributed by atoms with Crippen LogP contribution in [0.3, 0.4) is 0 Å². The van der Waals surface area contributed by atoms with Crippen LogP contribution in [0.5, 0.6) is 5.75 Å². The highest BCUT2D eigenvalue weighted by atomic mass is 32.1. The summed E-state index contributed by atoms with van der Waals surface area (Å²) in [6.07, 6.45) is 0. The van der Waals surface area contributed by atoms with Gasteiger partial charge in [-0.2, -0.15) is 10.5 Å². The van der Waals surface area contributed by atoms with Gasteiger partial charge in [0.2, 0.25) is 0 Å². The van der Waals surface area contributed by atoms with Crippen molar-refractivity contribution < 1.29 is 4.74 Å². The number of nitrogens with zero attached hydrogens (tertiary/aromatic N) is 3. The number of thiazole rings is 1. The minimum Gasteiger partial charge on any atom is -0.497 e. The third-order valence-electron chi connectivity index (χ3n) is 5.82. The minimum atomic E-state index is 0.622. The molecule has 0 aliphatic rings. The van der Waals surface area contributed by atoms with E-state index in [0.717, 1.165) is 58.2 Å². The number of fused-ring (bicyclic) bond motifs is 2. The molecule has 3 heterocycles. The number of aromatic nitrogens is 1. The van der Waals surface area contributed by atoms with Crippen LogP contribution < -0.4 is 4.74 Å². The molecule has 0 aliphatic heterocycles. The van der Waals surface area contributed by atoms with Crippen LogP contribution in [0.2, 0.25) is 0 Å². The highest BCUT2D eigenvalue weighted by Gasteiger charge is 2.26. The van der Waals surface area contributed by atoms with Crippen LogP contribution in [0.4, 0.5) is 0 Å². The standard InChI is InChI=1S/C28H15N3OS3/c1-32-17-12-10-16(11-13-17)28-31-26(24-18-6-2-4-8-20(18)33-22(24)14-29)27(35-28)25-19-7-3-5-9-21(19)34-23(25)15-30/h2-13H,1H3. The maximum atomic E-state index is 10.0. The number of methoxy groups -OCH3 is 1. The van der Waals surface area contributed by atoms with Crippen LogP contribution in [-0.2, 0) is 0 Å². The van der Waals surface area contributed by atoms with E-state index in [1.807, 2.05) is 66.7 Å². The smallest absolute Gasteiger partial charge is 0.124 e. The van der Waals surface area contributed by atoms with E-state index in [-0.39, 0.29) is 0 Å². The summed E-state index contributed by atoms with van der Waals surface area (Å²) in [6.45, 7) is 0. The molecule has 35 heavy (non-hydrogen) atoms. The van der Waals surface area contributed by atoms with E-state index >= 15 is 0 Å². The molecule has 0 radical (unpaired) electrons. The van der Waals surface area contributed by atoms with Crippen molar-refractivity contribution in [2.45, 2.75) is 0 Å². The van der Waals surface area contributed by atoms with E-state index < -0.39 is 0 Å². The Hall–Kier alpha value is -4.01. The van der Waals surface area contributed by atoms with E-state index in [9.17, 15) is 10.5 Å². The topological polar surface area (TPSA) is 69.7 Å². The second-order valence-electron chi connectivity index (χ2n) is 7.75. The van der Waals surface area contributed by atoms with E-state index in [0.29, 0.717) is 9.75 Å². The first-order valence-electron chi connectivity index (χ1n) is 10.7. The molecule has 0 fully saturated rings. The lowest BCUT2D eigenvalue weighted by Crippen LogP contribution is -1.86. The molecule has 0 aliphatic carbocycles. The maximum Gasteiger partial charge on any atom is 0.124 e. The molecular formula is C28H15N3OS3. The number of benzene rings is 3. The first kappa shape index (κ1) is 21.5. The first-order chi connectivity index (χ1) is 17.2. The molecule has 3 aromatic carbocycles. The van der Waals surface area contributed by atoms with Gasteiger partial charge in [0.05, 0.1) is 17.7 Å². The number of thiophene rings is 2. The molecule has 0 N–H and O–H groups in total. The van der Waals surface area contributed by atoms with E-state index in [1.54, 1.807) is 18.4 Å². The number of hydrogen-bond donors (Lipinski definition) is 0. The Bertz CT molecular complexity index is 1700. The fourth-order valence-electron chi connectivity index (χ4n) is 4.23. The monoisotopic (exact) mass is 505 g/mol. The van der Waals surface area contributed by atoms with Gasteiger partial charge in [-0.15, -0.1) is 34.0 Å². The highest BCUT2D eigenvalue weighted by molar-refractivity contribution is 7.22. The summed E-state index contributed by atoms with van der Waals surface area (Å²) in [6, 6.07) is 28.7. The Balaban J connectivity index is 1.70. The van der Waals surface area contributed by atoms with Gasteiger partial charge in [-0.1, -0.05) is 36.4 Å². The fourth-order valence-corrected chi connectivity index (χ4v) is 7.44. The van der Waals surface area contributed by atoms with Crippen LogP contribution >= 0.6 is 34.0 Å². The summed E-state index contributed by atoms with van der Waals surface area (Å²) in [4.78, 5) is 7.28. The van der Waals surface area contributed by atoms with Gasteiger partial charge in [-0.05, 0) is 36.4 Å². The summed E-state index contributed by atoms with van der Waals surface area (Å²) >= 11 is 4.51. The van der Waals surface area contributed by atoms with Crippen molar-refractivity contribution >= 4 is 54.2 Å². The van der Waals surface area contributed by atoms with Crippen LogP contribution in [0.25, 0.3) is 52.4 Å². The molecule has 0 unspecified atom stereocenters. The van der Waals surface area contributed by atoms with Gasteiger partial charge in [0.1, 0.15) is 32.6 Å². The molecule has 6 aromatic rings. The second kappa shape index (κ2) is 8.65. The second-order valence-corrected chi connectivity index (χ2v) is 10.9. The molecule has 0 bridgehead atoms. The maximum absolute atomic E-state index is 10.0. The van der Waals surface area contributed by atoms with Gasteiger partial charge in [0.25, 0.3) is 0 Å². The zero-order valence-electron chi connectivity index (χ0n) is 18.4. The third kappa shape index (κ3) is 3.50. The molecule has 0 atom stereocenters. The summed E-state index contributed by atoms with van der Waals surface area (Å²) in [5.41, 5.74) is 3.42. The van der Waals surface area contributed by atoms with Crippen LogP contribution in [0.15, 0.2) is 72.8 Å². The van der Waals surface area contributed by atoms with Crippen molar-refractivity contribution in [3.8, 4) is 50.2 Å². The molecule has 7 heteroatoms. The van der Waals surface area contributed by atoms with E-state index in [1.165, 1.54) is 22.7 Å². The Morgan fingerprint density at radius 1 is 0.714 bits per heavy atom. The molecule has 0 amide bonds. The highest BCUT2D eigenvalue weighted by Crippen LogP contribution is 2.50.